The molecule has 1 amide bonds. The van der Waals surface area contributed by atoms with Crippen molar-refractivity contribution < 1.29 is 23.5 Å². The van der Waals surface area contributed by atoms with Gasteiger partial charge < -0.3 is 19.3 Å². The third kappa shape index (κ3) is 4.96. The smallest absolute Gasteiger partial charge is 0.330 e. The van der Waals surface area contributed by atoms with Crippen molar-refractivity contribution in [2.24, 2.45) is 0 Å². The first-order valence-corrected chi connectivity index (χ1v) is 7.64. The minimum atomic E-state index is -0.513. The average molecular weight is 321 g/mol. The molecule has 1 heterocycles. The Balaban J connectivity index is 1.93. The summed E-state index contributed by atoms with van der Waals surface area (Å²) in [5, 5.41) is 2.57. The van der Waals surface area contributed by atoms with Gasteiger partial charge >= 0.3 is 5.97 Å². The summed E-state index contributed by atoms with van der Waals surface area (Å²) in [5.41, 5.74) is 0.721. The summed E-state index contributed by atoms with van der Waals surface area (Å²) in [5.74, 6) is 0.314. The second kappa shape index (κ2) is 6.20. The fourth-order valence-electron chi connectivity index (χ4n) is 2.48. The molecular weight excluding hydrogens is 296 g/mol. The van der Waals surface area contributed by atoms with Crippen LogP contribution in [0.5, 0.6) is 11.5 Å². The number of para-hydroxylation sites is 1. The van der Waals surface area contributed by atoms with Crippen molar-refractivity contribution in [3.63, 3.8) is 0 Å². The highest BCUT2D eigenvalue weighted by Gasteiger charge is 2.32. The summed E-state index contributed by atoms with van der Waals surface area (Å²) in [6.07, 6.45) is 0.772. The number of carbonyl (C=O) groups excluding carboxylic acids is 2. The molecule has 6 heteroatoms. The number of nitrogens with one attached hydrogen (secondary N) is 1. The molecule has 0 atom stereocenters. The highest BCUT2D eigenvalue weighted by atomic mass is 16.6. The van der Waals surface area contributed by atoms with Gasteiger partial charge in [-0.2, -0.15) is 0 Å². The lowest BCUT2D eigenvalue weighted by atomic mass is 10.0. The number of esters is 1. The maximum Gasteiger partial charge on any atom is 0.330 e. The molecule has 1 N–H and O–H groups in total. The van der Waals surface area contributed by atoms with Crippen molar-refractivity contribution >= 4 is 11.9 Å². The van der Waals surface area contributed by atoms with Gasteiger partial charge in [0.15, 0.2) is 18.0 Å². The first-order valence-electron chi connectivity index (χ1n) is 7.64. The molecule has 1 aliphatic heterocycles. The second-order valence-electron chi connectivity index (χ2n) is 7.48. The van der Waals surface area contributed by atoms with E-state index in [2.05, 4.69) is 5.32 Å². The molecular formula is C17H25N2O4+. The van der Waals surface area contributed by atoms with Gasteiger partial charge in [0, 0.05) is 12.0 Å². The summed E-state index contributed by atoms with van der Waals surface area (Å²) in [7, 11) is 5.72. The van der Waals surface area contributed by atoms with Crippen molar-refractivity contribution in [2.45, 2.75) is 25.9 Å². The van der Waals surface area contributed by atoms with Crippen molar-refractivity contribution in [3.05, 3.63) is 23.8 Å². The van der Waals surface area contributed by atoms with Crippen LogP contribution < -0.4 is 14.8 Å². The van der Waals surface area contributed by atoms with Crippen LogP contribution in [0.2, 0.25) is 0 Å². The molecule has 0 fully saturated rings. The minimum Gasteiger partial charge on any atom is -0.483 e. The molecule has 0 aliphatic carbocycles. The van der Waals surface area contributed by atoms with E-state index in [0.29, 0.717) is 22.5 Å². The van der Waals surface area contributed by atoms with Crippen LogP contribution in [0.25, 0.3) is 0 Å². The first-order chi connectivity index (χ1) is 10.6. The molecule has 0 bridgehead atoms. The number of carbonyl (C=O) groups is 2. The van der Waals surface area contributed by atoms with Crippen molar-refractivity contribution in [2.75, 3.05) is 34.2 Å². The number of fused-ring (bicyclic) bond motifs is 1. The number of quaternary nitrogens is 1. The van der Waals surface area contributed by atoms with Crippen molar-refractivity contribution in [1.29, 1.82) is 0 Å². The number of ether oxygens (including phenoxy) is 2. The molecule has 6 nitrogen and oxygen atoms in total. The highest BCUT2D eigenvalue weighted by Crippen LogP contribution is 2.41. The number of rotatable bonds is 5. The molecule has 126 valence electrons. The predicted octanol–water partition coefficient (Wildman–Crippen LogP) is 1.13. The quantitative estimate of drug-likeness (QED) is 0.502. The summed E-state index contributed by atoms with van der Waals surface area (Å²) in [4.78, 5) is 23.7. The zero-order valence-corrected chi connectivity index (χ0v) is 14.4. The minimum absolute atomic E-state index is 0.161. The monoisotopic (exact) mass is 321 g/mol. The Morgan fingerprint density at radius 3 is 2.65 bits per heavy atom. The maximum atomic E-state index is 11.9. The first kappa shape index (κ1) is 17.3. The lowest BCUT2D eigenvalue weighted by Gasteiger charge is -2.22. The van der Waals surface area contributed by atoms with E-state index in [9.17, 15) is 9.59 Å². The third-order valence-electron chi connectivity index (χ3n) is 3.33. The summed E-state index contributed by atoms with van der Waals surface area (Å²) < 4.78 is 11.7. The molecule has 0 radical (unpaired) electrons. The standard InChI is InChI=1S/C17H24N2O4/c1-17(2)9-12-7-6-8-13(16(12)23-17)22-15(21)10-18-14(20)11-19(3,4)5/h6-8H,9-11H2,1-5H3/p+1. The number of nitrogens with zero attached hydrogens (tertiary/aromatic N) is 1. The molecule has 0 aromatic heterocycles. The SMILES string of the molecule is CC1(C)Cc2cccc(OC(=O)CNC(=O)C[N+](C)(C)C)c2O1. The summed E-state index contributed by atoms with van der Waals surface area (Å²) in [6.45, 7) is 4.12. The molecule has 1 aromatic carbocycles. The van der Waals surface area contributed by atoms with E-state index in [1.807, 2.05) is 47.1 Å². The van der Waals surface area contributed by atoms with Gasteiger partial charge in [-0.05, 0) is 19.9 Å². The van der Waals surface area contributed by atoms with Gasteiger partial charge in [0.25, 0.3) is 5.91 Å². The molecule has 0 unspecified atom stereocenters. The average Bonchev–Trinajstić information content (AvgIpc) is 2.69. The van der Waals surface area contributed by atoms with Crippen LogP contribution in [-0.2, 0) is 16.0 Å². The van der Waals surface area contributed by atoms with E-state index in [1.54, 1.807) is 6.07 Å². The summed E-state index contributed by atoms with van der Waals surface area (Å²) in [6, 6.07) is 5.50. The van der Waals surface area contributed by atoms with Crippen molar-refractivity contribution in [3.8, 4) is 11.5 Å². The normalized spacial score (nSPS) is 15.5. The van der Waals surface area contributed by atoms with Gasteiger partial charge in [0.2, 0.25) is 0 Å². The van der Waals surface area contributed by atoms with E-state index in [-0.39, 0.29) is 18.1 Å². The number of hydrogen-bond acceptors (Lipinski definition) is 4. The van der Waals surface area contributed by atoms with Crippen LogP contribution in [0.3, 0.4) is 0 Å². The predicted molar refractivity (Wildman–Crippen MR) is 86.4 cm³/mol. The maximum absolute atomic E-state index is 11.9. The molecule has 1 aliphatic rings. The lowest BCUT2D eigenvalue weighted by molar-refractivity contribution is -0.862. The molecule has 2 rings (SSSR count). The van der Waals surface area contributed by atoms with Gasteiger partial charge in [-0.1, -0.05) is 12.1 Å². The number of hydrogen-bond donors (Lipinski definition) is 1. The Bertz CT molecular complexity index is 618. The van der Waals surface area contributed by atoms with Crippen LogP contribution in [0.15, 0.2) is 18.2 Å². The van der Waals surface area contributed by atoms with Crippen LogP contribution in [-0.4, -0.2) is 56.2 Å². The third-order valence-corrected chi connectivity index (χ3v) is 3.33. The Morgan fingerprint density at radius 2 is 2.00 bits per heavy atom. The molecule has 0 saturated carbocycles. The van der Waals surface area contributed by atoms with Gasteiger partial charge in [-0.25, -0.2) is 4.79 Å². The van der Waals surface area contributed by atoms with E-state index in [4.69, 9.17) is 9.47 Å². The summed E-state index contributed by atoms with van der Waals surface area (Å²) >= 11 is 0. The Morgan fingerprint density at radius 1 is 1.30 bits per heavy atom. The zero-order valence-electron chi connectivity index (χ0n) is 14.4. The Hall–Kier alpha value is -2.08. The van der Waals surface area contributed by atoms with E-state index in [0.717, 1.165) is 12.0 Å². The highest BCUT2D eigenvalue weighted by molar-refractivity contribution is 5.83. The fraction of sp³-hybridized carbons (Fsp3) is 0.529. The van der Waals surface area contributed by atoms with Gasteiger partial charge in [0.05, 0.1) is 21.1 Å². The van der Waals surface area contributed by atoms with Crippen molar-refractivity contribution in [1.82, 2.24) is 5.32 Å². The van der Waals surface area contributed by atoms with Gasteiger partial charge in [-0.3, -0.25) is 4.79 Å². The van der Waals surface area contributed by atoms with E-state index < -0.39 is 5.97 Å². The number of benzene rings is 1. The van der Waals surface area contributed by atoms with Gasteiger partial charge in [-0.15, -0.1) is 0 Å². The van der Waals surface area contributed by atoms with E-state index >= 15 is 0 Å². The lowest BCUT2D eigenvalue weighted by Crippen LogP contribution is -2.45. The Kier molecular flexibility index (Phi) is 4.66. The topological polar surface area (TPSA) is 64.6 Å². The molecule has 0 spiro atoms. The number of amides is 1. The van der Waals surface area contributed by atoms with Gasteiger partial charge in [0.1, 0.15) is 12.1 Å². The largest absolute Gasteiger partial charge is 0.483 e. The van der Waals surface area contributed by atoms with E-state index in [1.165, 1.54) is 0 Å². The fourth-order valence-corrected chi connectivity index (χ4v) is 2.48. The van der Waals surface area contributed by atoms with Crippen LogP contribution in [0.1, 0.15) is 19.4 Å². The second-order valence-corrected chi connectivity index (χ2v) is 7.48. The van der Waals surface area contributed by atoms with Crippen LogP contribution in [0.4, 0.5) is 0 Å². The molecule has 1 aromatic rings. The number of likely N-dealkylation sites (N-methyl/N-ethyl adjacent to an activating group) is 1. The molecule has 23 heavy (non-hydrogen) atoms. The Labute approximate surface area is 137 Å². The zero-order chi connectivity index (χ0) is 17.3. The van der Waals surface area contributed by atoms with Crippen LogP contribution in [0, 0.1) is 0 Å². The van der Waals surface area contributed by atoms with Crippen LogP contribution >= 0.6 is 0 Å². The molecule has 0 saturated heterocycles.